The molecule has 90 valence electrons. The maximum atomic E-state index is 11.2. The number of methoxy groups -OCH3 is 1. The van der Waals surface area contributed by atoms with Crippen molar-refractivity contribution in [3.63, 3.8) is 0 Å². The topological polar surface area (TPSA) is 35.5 Å². The molecule has 0 aromatic rings. The van der Waals surface area contributed by atoms with E-state index >= 15 is 0 Å². The first-order valence-electron chi connectivity index (χ1n) is 5.83. The summed E-state index contributed by atoms with van der Waals surface area (Å²) in [5.41, 5.74) is 0. The predicted octanol–water partition coefficient (Wildman–Crippen LogP) is 2.93. The van der Waals surface area contributed by atoms with E-state index in [1.165, 1.54) is 25.7 Å². The summed E-state index contributed by atoms with van der Waals surface area (Å²) in [6.45, 7) is 3.98. The summed E-state index contributed by atoms with van der Waals surface area (Å²) in [4.78, 5) is 11.2. The fourth-order valence-corrected chi connectivity index (χ4v) is 1.49. The molecule has 3 heteroatoms. The minimum Gasteiger partial charge on any atom is -0.359 e. The average molecular weight is 216 g/mol. The van der Waals surface area contributed by atoms with Crippen LogP contribution in [0.5, 0.6) is 0 Å². The highest BCUT2D eigenvalue weighted by Crippen LogP contribution is 2.10. The van der Waals surface area contributed by atoms with Crippen LogP contribution in [0.3, 0.4) is 0 Å². The van der Waals surface area contributed by atoms with E-state index in [1.807, 2.05) is 0 Å². The van der Waals surface area contributed by atoms with Crippen LogP contribution in [0.1, 0.15) is 52.4 Å². The molecule has 0 aromatic carbocycles. The second kappa shape index (κ2) is 10.1. The molecule has 0 N–H and O–H groups in total. The molecule has 3 nitrogen and oxygen atoms in total. The first kappa shape index (κ1) is 14.6. The molecule has 0 aliphatic carbocycles. The van der Waals surface area contributed by atoms with Gasteiger partial charge < -0.3 is 9.47 Å². The average Bonchev–Trinajstić information content (AvgIpc) is 2.21. The molecule has 1 atom stereocenters. The Kier molecular flexibility index (Phi) is 9.84. The minimum absolute atomic E-state index is 0.0996. The van der Waals surface area contributed by atoms with Crippen molar-refractivity contribution >= 4 is 5.78 Å². The molecule has 0 radical (unpaired) electrons. The van der Waals surface area contributed by atoms with Crippen molar-refractivity contribution in [1.29, 1.82) is 0 Å². The lowest BCUT2D eigenvalue weighted by molar-refractivity contribution is -0.138. The summed E-state index contributed by atoms with van der Waals surface area (Å²) in [7, 11) is 1.57. The molecule has 0 amide bonds. The SMILES string of the molecule is CCCCCCC[C@@H](OCOC)C(C)=O. The minimum atomic E-state index is -0.272. The first-order chi connectivity index (χ1) is 7.22. The molecule has 0 heterocycles. The third-order valence-corrected chi connectivity index (χ3v) is 2.41. The van der Waals surface area contributed by atoms with Gasteiger partial charge in [0.15, 0.2) is 5.78 Å². The van der Waals surface area contributed by atoms with Crippen LogP contribution in [0.2, 0.25) is 0 Å². The first-order valence-corrected chi connectivity index (χ1v) is 5.83. The molecule has 0 bridgehead atoms. The van der Waals surface area contributed by atoms with Crippen molar-refractivity contribution in [3.8, 4) is 0 Å². The Morgan fingerprint density at radius 3 is 2.40 bits per heavy atom. The van der Waals surface area contributed by atoms with Crippen molar-refractivity contribution in [2.45, 2.75) is 58.5 Å². The van der Waals surface area contributed by atoms with Crippen LogP contribution >= 0.6 is 0 Å². The van der Waals surface area contributed by atoms with Crippen molar-refractivity contribution < 1.29 is 14.3 Å². The van der Waals surface area contributed by atoms with Gasteiger partial charge in [-0.1, -0.05) is 39.0 Å². The Labute approximate surface area is 93.1 Å². The van der Waals surface area contributed by atoms with Crippen LogP contribution in [0.25, 0.3) is 0 Å². The summed E-state index contributed by atoms with van der Waals surface area (Å²) in [6, 6.07) is 0. The molecule has 0 aromatic heterocycles. The Bertz CT molecular complexity index is 157. The van der Waals surface area contributed by atoms with Crippen LogP contribution in [0.15, 0.2) is 0 Å². The van der Waals surface area contributed by atoms with Gasteiger partial charge in [0, 0.05) is 7.11 Å². The van der Waals surface area contributed by atoms with Crippen molar-refractivity contribution in [1.82, 2.24) is 0 Å². The molecule has 0 aliphatic heterocycles. The summed E-state index contributed by atoms with van der Waals surface area (Å²) < 4.78 is 10.1. The molecule has 0 saturated carbocycles. The largest absolute Gasteiger partial charge is 0.359 e. The molecule has 0 rings (SSSR count). The smallest absolute Gasteiger partial charge is 0.158 e. The summed E-state index contributed by atoms with van der Waals surface area (Å²) in [6.07, 6.45) is 6.59. The Hall–Kier alpha value is -0.410. The molecule has 0 spiro atoms. The van der Waals surface area contributed by atoms with Crippen LogP contribution in [-0.2, 0) is 14.3 Å². The maximum Gasteiger partial charge on any atom is 0.158 e. The highest BCUT2D eigenvalue weighted by atomic mass is 16.7. The van der Waals surface area contributed by atoms with E-state index in [0.717, 1.165) is 12.8 Å². The number of Topliss-reactive ketones (excluding diaryl/α,β-unsaturated/α-hetero) is 1. The molecular weight excluding hydrogens is 192 g/mol. The van der Waals surface area contributed by atoms with Gasteiger partial charge in [-0.05, 0) is 13.3 Å². The summed E-state index contributed by atoms with van der Waals surface area (Å²) in [5.74, 6) is 0.0996. The quantitative estimate of drug-likeness (QED) is 0.416. The van der Waals surface area contributed by atoms with E-state index in [-0.39, 0.29) is 18.7 Å². The second-order valence-electron chi connectivity index (χ2n) is 3.88. The molecule has 0 saturated heterocycles. The van der Waals surface area contributed by atoms with E-state index in [4.69, 9.17) is 9.47 Å². The number of rotatable bonds is 10. The molecule has 0 aliphatic rings. The zero-order chi connectivity index (χ0) is 11.5. The zero-order valence-electron chi connectivity index (χ0n) is 10.3. The molecule has 0 unspecified atom stereocenters. The number of ether oxygens (including phenoxy) is 2. The van der Waals surface area contributed by atoms with Crippen LogP contribution in [0, 0.1) is 0 Å². The Morgan fingerprint density at radius 1 is 1.20 bits per heavy atom. The lowest BCUT2D eigenvalue weighted by Crippen LogP contribution is -2.22. The van der Waals surface area contributed by atoms with Crippen molar-refractivity contribution in [2.24, 2.45) is 0 Å². The standard InChI is InChI=1S/C12H24O3/c1-4-5-6-7-8-9-12(11(2)13)15-10-14-3/h12H,4-10H2,1-3H3/t12-/m1/s1. The Morgan fingerprint density at radius 2 is 1.87 bits per heavy atom. The fraction of sp³-hybridized carbons (Fsp3) is 0.917. The van der Waals surface area contributed by atoms with Crippen molar-refractivity contribution in [2.75, 3.05) is 13.9 Å². The lowest BCUT2D eigenvalue weighted by atomic mass is 10.1. The van der Waals surface area contributed by atoms with Gasteiger partial charge >= 0.3 is 0 Å². The van der Waals surface area contributed by atoms with Gasteiger partial charge in [0.1, 0.15) is 12.9 Å². The van der Waals surface area contributed by atoms with Gasteiger partial charge in [0.2, 0.25) is 0 Å². The van der Waals surface area contributed by atoms with E-state index in [9.17, 15) is 4.79 Å². The highest BCUT2D eigenvalue weighted by Gasteiger charge is 2.13. The third kappa shape index (κ3) is 8.58. The second-order valence-corrected chi connectivity index (χ2v) is 3.88. The summed E-state index contributed by atoms with van der Waals surface area (Å²) >= 11 is 0. The van der Waals surface area contributed by atoms with Gasteiger partial charge in [-0.2, -0.15) is 0 Å². The maximum absolute atomic E-state index is 11.2. The third-order valence-electron chi connectivity index (χ3n) is 2.41. The van der Waals surface area contributed by atoms with Crippen molar-refractivity contribution in [3.05, 3.63) is 0 Å². The van der Waals surface area contributed by atoms with Gasteiger partial charge in [-0.3, -0.25) is 4.79 Å². The number of ketones is 1. The monoisotopic (exact) mass is 216 g/mol. The van der Waals surface area contributed by atoms with E-state index < -0.39 is 0 Å². The van der Waals surface area contributed by atoms with Gasteiger partial charge in [-0.15, -0.1) is 0 Å². The number of hydrogen-bond donors (Lipinski definition) is 0. The molecule has 15 heavy (non-hydrogen) atoms. The van der Waals surface area contributed by atoms with Crippen LogP contribution in [-0.4, -0.2) is 25.8 Å². The van der Waals surface area contributed by atoms with Crippen LogP contribution in [0.4, 0.5) is 0 Å². The van der Waals surface area contributed by atoms with Gasteiger partial charge in [0.05, 0.1) is 0 Å². The number of hydrogen-bond acceptors (Lipinski definition) is 3. The zero-order valence-corrected chi connectivity index (χ0v) is 10.3. The number of carbonyl (C=O) groups is 1. The highest BCUT2D eigenvalue weighted by molar-refractivity contribution is 5.80. The summed E-state index contributed by atoms with van der Waals surface area (Å²) in [5, 5.41) is 0. The van der Waals surface area contributed by atoms with Gasteiger partial charge in [-0.25, -0.2) is 0 Å². The number of carbonyl (C=O) groups excluding carboxylic acids is 1. The molecular formula is C12H24O3. The fourth-order valence-electron chi connectivity index (χ4n) is 1.49. The predicted molar refractivity (Wildman–Crippen MR) is 60.8 cm³/mol. The van der Waals surface area contributed by atoms with E-state index in [0.29, 0.717) is 0 Å². The Balaban J connectivity index is 3.53. The van der Waals surface area contributed by atoms with Gasteiger partial charge in [0.25, 0.3) is 0 Å². The van der Waals surface area contributed by atoms with Crippen LogP contribution < -0.4 is 0 Å². The normalized spacial score (nSPS) is 12.7. The number of unbranched alkanes of at least 4 members (excludes halogenated alkanes) is 4. The molecule has 0 fully saturated rings. The van der Waals surface area contributed by atoms with E-state index in [1.54, 1.807) is 14.0 Å². The van der Waals surface area contributed by atoms with E-state index in [2.05, 4.69) is 6.92 Å². The lowest BCUT2D eigenvalue weighted by Gasteiger charge is -2.13.